The third-order valence-electron chi connectivity index (χ3n) is 3.80. The number of aryl methyl sites for hydroxylation is 2. The zero-order valence-corrected chi connectivity index (χ0v) is 13.6. The molecule has 7 nitrogen and oxygen atoms in total. The Bertz CT molecular complexity index is 744. The van der Waals surface area contributed by atoms with Gasteiger partial charge in [0.25, 0.3) is 0 Å². The first kappa shape index (κ1) is 15.4. The zero-order valence-electron chi connectivity index (χ0n) is 13.6. The number of nitrogens with zero attached hydrogens (tertiary/aromatic N) is 6. The van der Waals surface area contributed by atoms with Crippen LogP contribution in [0.15, 0.2) is 34.9 Å². The van der Waals surface area contributed by atoms with E-state index in [1.165, 1.54) is 5.56 Å². The molecule has 0 radical (unpaired) electrons. The first-order valence-corrected chi connectivity index (χ1v) is 7.52. The van der Waals surface area contributed by atoms with Crippen molar-refractivity contribution in [1.82, 2.24) is 30.3 Å². The molecule has 0 spiro atoms. The van der Waals surface area contributed by atoms with Crippen LogP contribution in [-0.2, 0) is 19.6 Å². The van der Waals surface area contributed by atoms with Gasteiger partial charge in [0, 0.05) is 12.1 Å². The fraction of sp³-hybridized carbons (Fsp3) is 0.375. The second kappa shape index (κ2) is 6.70. The number of rotatable bonds is 6. The highest BCUT2D eigenvalue weighted by atomic mass is 16.5. The molecule has 23 heavy (non-hydrogen) atoms. The summed E-state index contributed by atoms with van der Waals surface area (Å²) < 4.78 is 7.04. The topological polar surface area (TPSA) is 72.9 Å². The van der Waals surface area contributed by atoms with Gasteiger partial charge >= 0.3 is 0 Å². The smallest absolute Gasteiger partial charge is 0.165 e. The normalized spacial score (nSPS) is 11.3. The standard InChI is InChI=1S/C16H20N6O/c1-12-15(13(2)23-18-12)10-21(3)11-16-17-19-20-22(16)9-14-7-5-4-6-8-14/h4-8H,9-11H2,1-3H3. The molecule has 2 aromatic heterocycles. The minimum absolute atomic E-state index is 0.657. The number of tetrazole rings is 1. The quantitative estimate of drug-likeness (QED) is 0.693. The van der Waals surface area contributed by atoms with Gasteiger partial charge in [-0.05, 0) is 36.9 Å². The second-order valence-corrected chi connectivity index (χ2v) is 5.71. The summed E-state index contributed by atoms with van der Waals surface area (Å²) in [5.41, 5.74) is 3.22. The van der Waals surface area contributed by atoms with Crippen LogP contribution in [0.25, 0.3) is 0 Å². The van der Waals surface area contributed by atoms with E-state index >= 15 is 0 Å². The Hall–Kier alpha value is -2.54. The molecular formula is C16H20N6O. The van der Waals surface area contributed by atoms with Crippen LogP contribution >= 0.6 is 0 Å². The molecule has 0 saturated carbocycles. The van der Waals surface area contributed by atoms with Gasteiger partial charge in [-0.3, -0.25) is 4.90 Å². The fourth-order valence-electron chi connectivity index (χ4n) is 2.51. The van der Waals surface area contributed by atoms with Crippen molar-refractivity contribution in [1.29, 1.82) is 0 Å². The molecule has 0 amide bonds. The lowest BCUT2D eigenvalue weighted by Crippen LogP contribution is -2.21. The van der Waals surface area contributed by atoms with E-state index in [1.807, 2.05) is 43.8 Å². The van der Waals surface area contributed by atoms with Crippen molar-refractivity contribution in [3.8, 4) is 0 Å². The molecule has 7 heteroatoms. The van der Waals surface area contributed by atoms with Gasteiger partial charge in [0.2, 0.25) is 0 Å². The highest BCUT2D eigenvalue weighted by Crippen LogP contribution is 2.15. The maximum absolute atomic E-state index is 5.21. The molecule has 3 rings (SSSR count). The average molecular weight is 312 g/mol. The van der Waals surface area contributed by atoms with Gasteiger partial charge in [-0.25, -0.2) is 4.68 Å². The number of benzene rings is 1. The zero-order chi connectivity index (χ0) is 16.2. The van der Waals surface area contributed by atoms with E-state index in [-0.39, 0.29) is 0 Å². The number of aromatic nitrogens is 5. The molecule has 2 heterocycles. The van der Waals surface area contributed by atoms with Gasteiger partial charge in [0.1, 0.15) is 5.76 Å². The minimum atomic E-state index is 0.657. The maximum atomic E-state index is 5.21. The lowest BCUT2D eigenvalue weighted by Gasteiger charge is -2.15. The summed E-state index contributed by atoms with van der Waals surface area (Å²) in [5, 5.41) is 16.0. The van der Waals surface area contributed by atoms with E-state index in [4.69, 9.17) is 4.52 Å². The lowest BCUT2D eigenvalue weighted by molar-refractivity contribution is 0.300. The van der Waals surface area contributed by atoms with Crippen LogP contribution in [0.2, 0.25) is 0 Å². The van der Waals surface area contributed by atoms with Crippen molar-refractivity contribution in [3.63, 3.8) is 0 Å². The van der Waals surface area contributed by atoms with Crippen LogP contribution in [0.4, 0.5) is 0 Å². The van der Waals surface area contributed by atoms with Crippen LogP contribution in [0, 0.1) is 13.8 Å². The first-order valence-electron chi connectivity index (χ1n) is 7.52. The van der Waals surface area contributed by atoms with Crippen molar-refractivity contribution >= 4 is 0 Å². The molecule has 1 aromatic carbocycles. The Labute approximate surface area is 134 Å². The molecule has 0 fully saturated rings. The van der Waals surface area contributed by atoms with E-state index in [0.29, 0.717) is 13.1 Å². The predicted octanol–water partition coefficient (Wildman–Crippen LogP) is 1.96. The van der Waals surface area contributed by atoms with E-state index in [2.05, 4.69) is 37.7 Å². The molecule has 3 aromatic rings. The average Bonchev–Trinajstić information content (AvgIpc) is 3.10. The second-order valence-electron chi connectivity index (χ2n) is 5.71. The largest absolute Gasteiger partial charge is 0.361 e. The summed E-state index contributed by atoms with van der Waals surface area (Å²) in [7, 11) is 2.04. The number of hydrogen-bond donors (Lipinski definition) is 0. The third-order valence-corrected chi connectivity index (χ3v) is 3.80. The summed E-state index contributed by atoms with van der Waals surface area (Å²) in [6, 6.07) is 10.2. The van der Waals surface area contributed by atoms with Crippen LogP contribution in [0.3, 0.4) is 0 Å². The van der Waals surface area contributed by atoms with Crippen molar-refractivity contribution in [2.75, 3.05) is 7.05 Å². The molecule has 0 unspecified atom stereocenters. The molecule has 0 bridgehead atoms. The van der Waals surface area contributed by atoms with Crippen LogP contribution in [0.1, 0.15) is 28.4 Å². The summed E-state index contributed by atoms with van der Waals surface area (Å²) >= 11 is 0. The minimum Gasteiger partial charge on any atom is -0.361 e. The summed E-state index contributed by atoms with van der Waals surface area (Å²) in [6.45, 7) is 5.97. The van der Waals surface area contributed by atoms with E-state index in [9.17, 15) is 0 Å². The van der Waals surface area contributed by atoms with Crippen LogP contribution in [0.5, 0.6) is 0 Å². The maximum Gasteiger partial charge on any atom is 0.165 e. The van der Waals surface area contributed by atoms with Crippen LogP contribution < -0.4 is 0 Å². The van der Waals surface area contributed by atoms with Crippen molar-refractivity contribution in [2.24, 2.45) is 0 Å². The number of hydrogen-bond acceptors (Lipinski definition) is 6. The van der Waals surface area contributed by atoms with Gasteiger partial charge in [0.15, 0.2) is 5.82 Å². The highest BCUT2D eigenvalue weighted by molar-refractivity contribution is 5.20. The molecule has 0 atom stereocenters. The molecule has 0 aliphatic heterocycles. The lowest BCUT2D eigenvalue weighted by atomic mass is 10.2. The van der Waals surface area contributed by atoms with E-state index in [1.54, 1.807) is 0 Å². The van der Waals surface area contributed by atoms with Crippen LogP contribution in [-0.4, -0.2) is 37.3 Å². The van der Waals surface area contributed by atoms with Gasteiger partial charge in [-0.15, -0.1) is 5.10 Å². The van der Waals surface area contributed by atoms with E-state index < -0.39 is 0 Å². The summed E-state index contributed by atoms with van der Waals surface area (Å²) in [6.07, 6.45) is 0. The molecular weight excluding hydrogens is 292 g/mol. The molecule has 0 saturated heterocycles. The SMILES string of the molecule is Cc1noc(C)c1CN(C)Cc1nnnn1Cc1ccccc1. The summed E-state index contributed by atoms with van der Waals surface area (Å²) in [5.74, 6) is 1.70. The molecule has 0 aliphatic carbocycles. The van der Waals surface area contributed by atoms with Gasteiger partial charge in [0.05, 0.1) is 18.8 Å². The Morgan fingerprint density at radius 3 is 2.61 bits per heavy atom. The van der Waals surface area contributed by atoms with Gasteiger partial charge < -0.3 is 4.52 Å². The molecule has 0 aliphatic rings. The monoisotopic (exact) mass is 312 g/mol. The van der Waals surface area contributed by atoms with Gasteiger partial charge in [-0.1, -0.05) is 35.5 Å². The summed E-state index contributed by atoms with van der Waals surface area (Å²) in [4.78, 5) is 2.15. The van der Waals surface area contributed by atoms with E-state index in [0.717, 1.165) is 29.4 Å². The fourth-order valence-corrected chi connectivity index (χ4v) is 2.51. The predicted molar refractivity (Wildman–Crippen MR) is 84.5 cm³/mol. The van der Waals surface area contributed by atoms with Crippen molar-refractivity contribution in [3.05, 3.63) is 58.7 Å². The van der Waals surface area contributed by atoms with Crippen molar-refractivity contribution < 1.29 is 4.52 Å². The molecule has 120 valence electrons. The Kier molecular flexibility index (Phi) is 4.47. The van der Waals surface area contributed by atoms with Crippen molar-refractivity contribution in [2.45, 2.75) is 33.5 Å². The Morgan fingerprint density at radius 2 is 1.91 bits per heavy atom. The third kappa shape index (κ3) is 3.62. The Morgan fingerprint density at radius 1 is 1.13 bits per heavy atom. The molecule has 0 N–H and O–H groups in total. The van der Waals surface area contributed by atoms with Gasteiger partial charge in [-0.2, -0.15) is 0 Å². The highest BCUT2D eigenvalue weighted by Gasteiger charge is 2.14. The first-order chi connectivity index (χ1) is 11.1. The Balaban J connectivity index is 1.68.